The summed E-state index contributed by atoms with van der Waals surface area (Å²) in [5.41, 5.74) is 6.57. The van der Waals surface area contributed by atoms with Crippen molar-refractivity contribution in [3.8, 4) is 0 Å². The third kappa shape index (κ3) is 3.26. The number of rotatable bonds is 4. The van der Waals surface area contributed by atoms with Crippen molar-refractivity contribution in [3.05, 3.63) is 42.1 Å². The van der Waals surface area contributed by atoms with Crippen LogP contribution >= 0.6 is 12.2 Å². The van der Waals surface area contributed by atoms with Crippen molar-refractivity contribution in [2.45, 2.75) is 4.90 Å². The maximum atomic E-state index is 11.3. The largest absolute Gasteiger partial charge is 0.389 e. The third-order valence-corrected chi connectivity index (χ3v) is 3.54. The van der Waals surface area contributed by atoms with E-state index in [1.54, 1.807) is 18.2 Å². The van der Waals surface area contributed by atoms with Crippen LogP contribution in [-0.2, 0) is 10.0 Å². The molecule has 0 aliphatic heterocycles. The number of aromatic nitrogens is 2. The number of nitrogens with one attached hydrogen (secondary N) is 1. The third-order valence-electron chi connectivity index (χ3n) is 2.41. The van der Waals surface area contributed by atoms with E-state index in [2.05, 4.69) is 15.5 Å². The Morgan fingerprint density at radius 2 is 2.05 bits per heavy atom. The molecule has 104 valence electrons. The lowest BCUT2D eigenvalue weighted by Gasteiger charge is -2.09. The maximum absolute atomic E-state index is 11.3. The minimum Gasteiger partial charge on any atom is -0.389 e. The Kier molecular flexibility index (Phi) is 3.93. The summed E-state index contributed by atoms with van der Waals surface area (Å²) in [7, 11) is -3.77. The predicted molar refractivity (Wildman–Crippen MR) is 79.0 cm³/mol. The van der Waals surface area contributed by atoms with E-state index in [9.17, 15) is 8.42 Å². The van der Waals surface area contributed by atoms with Gasteiger partial charge in [0.1, 0.15) is 4.99 Å². The lowest BCUT2D eigenvalue weighted by molar-refractivity contribution is 0.598. The van der Waals surface area contributed by atoms with Gasteiger partial charge in [-0.3, -0.25) is 0 Å². The summed E-state index contributed by atoms with van der Waals surface area (Å²) in [5.74, 6) is 0.339. The van der Waals surface area contributed by atoms with Crippen molar-refractivity contribution in [3.63, 3.8) is 0 Å². The Bertz CT molecular complexity index is 761. The van der Waals surface area contributed by atoms with E-state index in [-0.39, 0.29) is 9.88 Å². The fourth-order valence-electron chi connectivity index (χ4n) is 1.51. The minimum absolute atomic E-state index is 0.0109. The molecule has 1 aromatic heterocycles. The van der Waals surface area contributed by atoms with Crippen LogP contribution in [0.25, 0.3) is 0 Å². The number of benzene rings is 1. The number of sulfonamides is 1. The molecule has 0 radical (unpaired) electrons. The molecule has 0 aliphatic carbocycles. The monoisotopic (exact) mass is 309 g/mol. The summed E-state index contributed by atoms with van der Waals surface area (Å²) in [6.45, 7) is 0. The highest BCUT2D eigenvalue weighted by atomic mass is 32.2. The van der Waals surface area contributed by atoms with Crippen molar-refractivity contribution < 1.29 is 8.42 Å². The second-order valence-corrected chi connectivity index (χ2v) is 5.86. The number of nitrogens with two attached hydrogens (primary N) is 2. The van der Waals surface area contributed by atoms with Gasteiger partial charge in [-0.15, -0.1) is 5.10 Å². The van der Waals surface area contributed by atoms with Crippen LogP contribution in [-0.4, -0.2) is 23.6 Å². The first-order chi connectivity index (χ1) is 9.38. The molecule has 0 fully saturated rings. The van der Waals surface area contributed by atoms with Gasteiger partial charge in [0.05, 0.1) is 16.7 Å². The van der Waals surface area contributed by atoms with E-state index in [4.69, 9.17) is 23.1 Å². The summed E-state index contributed by atoms with van der Waals surface area (Å²) in [6.07, 6.45) is 1.46. The first-order valence-corrected chi connectivity index (χ1v) is 7.35. The first-order valence-electron chi connectivity index (χ1n) is 5.39. The molecule has 2 rings (SSSR count). The van der Waals surface area contributed by atoms with Crippen molar-refractivity contribution in [1.29, 1.82) is 0 Å². The number of anilines is 2. The van der Waals surface area contributed by atoms with Gasteiger partial charge in [-0.05, 0) is 24.3 Å². The fourth-order valence-corrected chi connectivity index (χ4v) is 2.23. The Morgan fingerprint density at radius 3 is 2.70 bits per heavy atom. The average molecular weight is 309 g/mol. The van der Waals surface area contributed by atoms with Gasteiger partial charge in [0.2, 0.25) is 10.0 Å². The van der Waals surface area contributed by atoms with Crippen molar-refractivity contribution in [1.82, 2.24) is 10.2 Å². The molecule has 0 saturated carbocycles. The van der Waals surface area contributed by atoms with Crippen LogP contribution in [0.15, 0.2) is 41.4 Å². The second kappa shape index (κ2) is 5.49. The van der Waals surface area contributed by atoms with Gasteiger partial charge in [0.25, 0.3) is 0 Å². The van der Waals surface area contributed by atoms with Crippen LogP contribution in [0.2, 0.25) is 0 Å². The van der Waals surface area contributed by atoms with E-state index < -0.39 is 10.0 Å². The van der Waals surface area contributed by atoms with Crippen molar-refractivity contribution >= 4 is 38.7 Å². The highest BCUT2D eigenvalue weighted by Gasteiger charge is 2.10. The molecule has 0 spiro atoms. The maximum Gasteiger partial charge on any atom is 0.238 e. The van der Waals surface area contributed by atoms with Gasteiger partial charge in [-0.1, -0.05) is 18.3 Å². The standard InChI is InChI=1S/C11H11N5O2S2/c12-10(19)9-4-5-14-16-11(9)15-7-2-1-3-8(6-7)20(13,17)18/h1-6H,(H2,12,19)(H,15,16)(H2,13,17,18). The molecule has 1 heterocycles. The summed E-state index contributed by atoms with van der Waals surface area (Å²) < 4.78 is 22.6. The smallest absolute Gasteiger partial charge is 0.238 e. The second-order valence-electron chi connectivity index (χ2n) is 3.86. The van der Waals surface area contributed by atoms with Crippen LogP contribution in [0.5, 0.6) is 0 Å². The zero-order valence-corrected chi connectivity index (χ0v) is 11.8. The molecule has 1 aromatic carbocycles. The van der Waals surface area contributed by atoms with Crippen LogP contribution < -0.4 is 16.2 Å². The van der Waals surface area contributed by atoms with Gasteiger partial charge in [-0.25, -0.2) is 13.6 Å². The molecule has 0 bridgehead atoms. The SMILES string of the molecule is NC(=S)c1ccnnc1Nc1cccc(S(N)(=O)=O)c1. The molecule has 5 N–H and O–H groups in total. The molecule has 7 nitrogen and oxygen atoms in total. The lowest BCUT2D eigenvalue weighted by Crippen LogP contribution is -2.14. The molecule has 0 saturated heterocycles. The minimum atomic E-state index is -3.77. The number of nitrogens with zero attached hydrogens (tertiary/aromatic N) is 2. The molecular weight excluding hydrogens is 298 g/mol. The van der Waals surface area contributed by atoms with Gasteiger partial charge in [-0.2, -0.15) is 5.10 Å². The normalized spacial score (nSPS) is 11.1. The topological polar surface area (TPSA) is 124 Å². The lowest BCUT2D eigenvalue weighted by atomic mass is 10.2. The number of thiocarbonyl (C=S) groups is 1. The number of primary sulfonamides is 1. The van der Waals surface area contributed by atoms with Crippen LogP contribution in [0.4, 0.5) is 11.5 Å². The highest BCUT2D eigenvalue weighted by molar-refractivity contribution is 7.89. The quantitative estimate of drug-likeness (QED) is 0.702. The Balaban J connectivity index is 2.39. The zero-order valence-electron chi connectivity index (χ0n) is 10.1. The molecule has 9 heteroatoms. The van der Waals surface area contributed by atoms with E-state index in [0.717, 1.165) is 0 Å². The van der Waals surface area contributed by atoms with E-state index in [1.807, 2.05) is 0 Å². The molecular formula is C11H11N5O2S2. The summed E-state index contributed by atoms with van der Waals surface area (Å²) in [5, 5.41) is 15.6. The highest BCUT2D eigenvalue weighted by Crippen LogP contribution is 2.20. The van der Waals surface area contributed by atoms with Gasteiger partial charge < -0.3 is 11.1 Å². The molecule has 2 aromatic rings. The number of hydrogen-bond acceptors (Lipinski definition) is 6. The Morgan fingerprint density at radius 1 is 1.30 bits per heavy atom. The fraction of sp³-hybridized carbons (Fsp3) is 0. The van der Waals surface area contributed by atoms with Gasteiger partial charge in [0, 0.05) is 5.69 Å². The van der Waals surface area contributed by atoms with Gasteiger partial charge in [0.15, 0.2) is 5.82 Å². The Labute approximate surface area is 121 Å². The van der Waals surface area contributed by atoms with E-state index in [0.29, 0.717) is 17.1 Å². The molecule has 0 amide bonds. The summed E-state index contributed by atoms with van der Waals surface area (Å²) >= 11 is 4.90. The molecule has 0 aliphatic rings. The van der Waals surface area contributed by atoms with Crippen LogP contribution in [0, 0.1) is 0 Å². The van der Waals surface area contributed by atoms with Crippen molar-refractivity contribution in [2.24, 2.45) is 10.9 Å². The number of hydrogen-bond donors (Lipinski definition) is 3. The molecule has 20 heavy (non-hydrogen) atoms. The molecule has 0 unspecified atom stereocenters. The van der Waals surface area contributed by atoms with Crippen LogP contribution in [0.1, 0.15) is 5.56 Å². The summed E-state index contributed by atoms with van der Waals surface area (Å²) in [4.78, 5) is 0.147. The van der Waals surface area contributed by atoms with E-state index in [1.165, 1.54) is 18.3 Å². The average Bonchev–Trinajstić information content (AvgIpc) is 2.38. The Hall–Kier alpha value is -2.10. The predicted octanol–water partition coefficient (Wildman–Crippen LogP) is 0.502. The van der Waals surface area contributed by atoms with Crippen molar-refractivity contribution in [2.75, 3.05) is 5.32 Å². The summed E-state index contributed by atoms with van der Waals surface area (Å²) in [6, 6.07) is 7.60. The van der Waals surface area contributed by atoms with Crippen LogP contribution in [0.3, 0.4) is 0 Å². The van der Waals surface area contributed by atoms with E-state index >= 15 is 0 Å². The zero-order chi connectivity index (χ0) is 14.8. The first kappa shape index (κ1) is 14.3. The van der Waals surface area contributed by atoms with Gasteiger partial charge >= 0.3 is 0 Å². The molecule has 0 atom stereocenters.